The van der Waals surface area contributed by atoms with Gasteiger partial charge in [-0.3, -0.25) is 0 Å². The van der Waals surface area contributed by atoms with Gasteiger partial charge in [-0.2, -0.15) is 0 Å². The van der Waals surface area contributed by atoms with Gasteiger partial charge in [-0.15, -0.1) is 0 Å². The average Bonchev–Trinajstić information content (AvgIpc) is 2.48. The molecule has 1 atom stereocenters. The topological polar surface area (TPSA) is 9.23 Å². The molecule has 0 spiro atoms. The summed E-state index contributed by atoms with van der Waals surface area (Å²) in [5.74, 6) is 0.393. The van der Waals surface area contributed by atoms with E-state index in [9.17, 15) is 4.39 Å². The highest BCUT2D eigenvalue weighted by Gasteiger charge is 2.15. The number of methoxy groups -OCH3 is 1. The van der Waals surface area contributed by atoms with E-state index >= 15 is 0 Å². The van der Waals surface area contributed by atoms with Crippen molar-refractivity contribution in [1.29, 1.82) is 0 Å². The van der Waals surface area contributed by atoms with Gasteiger partial charge in [0.15, 0.2) is 11.6 Å². The van der Waals surface area contributed by atoms with E-state index in [4.69, 9.17) is 4.74 Å². The molecule has 0 N–H and O–H groups in total. The zero-order valence-corrected chi connectivity index (χ0v) is 15.0. The highest BCUT2D eigenvalue weighted by Crippen LogP contribution is 2.25. The maximum Gasteiger partial charge on any atom is 0.168 e. The first-order chi connectivity index (χ1) is 10.1. The van der Waals surface area contributed by atoms with E-state index in [1.165, 1.54) is 12.7 Å². The first kappa shape index (κ1) is 16.5. The molecule has 0 aliphatic carbocycles. The molecule has 0 aromatic heterocycles. The molecule has 0 saturated heterocycles. The Morgan fingerprint density at radius 3 is 2.57 bits per heavy atom. The lowest BCUT2D eigenvalue weighted by Gasteiger charge is -2.16. The molecule has 0 bridgehead atoms. The predicted molar refractivity (Wildman–Crippen MR) is 91.8 cm³/mol. The number of ether oxygens (including phenoxy) is 1. The Kier molecular flexibility index (Phi) is 6.24. The quantitative estimate of drug-likeness (QED) is 0.574. The molecule has 0 aliphatic heterocycles. The van der Waals surface area contributed by atoms with Gasteiger partial charge in [0.05, 0.1) is 7.11 Å². The van der Waals surface area contributed by atoms with E-state index in [-0.39, 0.29) is 5.82 Å². The Morgan fingerprint density at radius 2 is 1.90 bits per heavy atom. The van der Waals surface area contributed by atoms with Gasteiger partial charge in [-0.25, -0.2) is 4.39 Å². The van der Waals surface area contributed by atoms with Gasteiger partial charge in [0, 0.05) is 9.80 Å². The van der Waals surface area contributed by atoms with Crippen molar-refractivity contribution in [2.45, 2.75) is 12.8 Å². The fourth-order valence-corrected chi connectivity index (χ4v) is 3.27. The molecule has 2 aromatic rings. The van der Waals surface area contributed by atoms with Crippen molar-refractivity contribution in [3.05, 3.63) is 63.9 Å². The summed E-state index contributed by atoms with van der Waals surface area (Å²) < 4.78 is 20.3. The Balaban J connectivity index is 2.12. The zero-order chi connectivity index (χ0) is 15.2. The maximum absolute atomic E-state index is 14.2. The van der Waals surface area contributed by atoms with Crippen LogP contribution in [0, 0.1) is 11.7 Å². The second-order valence-corrected chi connectivity index (χ2v) is 6.56. The Hall–Kier alpha value is -0.870. The molecule has 0 radical (unpaired) electrons. The van der Waals surface area contributed by atoms with Gasteiger partial charge in [0.1, 0.15) is 0 Å². The number of hydrogen-bond donors (Lipinski definition) is 0. The van der Waals surface area contributed by atoms with Gasteiger partial charge in [0.2, 0.25) is 0 Å². The Labute approximate surface area is 141 Å². The van der Waals surface area contributed by atoms with Gasteiger partial charge in [-0.05, 0) is 48.1 Å². The number of alkyl halides is 1. The SMILES string of the molecule is COc1cccc(CC(CBr)Cc2cccc(Br)c2)c1F. The summed E-state index contributed by atoms with van der Waals surface area (Å²) in [6.45, 7) is 0. The third-order valence-electron chi connectivity index (χ3n) is 3.40. The van der Waals surface area contributed by atoms with Gasteiger partial charge in [0.25, 0.3) is 0 Å². The summed E-state index contributed by atoms with van der Waals surface area (Å²) in [7, 11) is 1.49. The van der Waals surface area contributed by atoms with Gasteiger partial charge < -0.3 is 4.74 Å². The predicted octanol–water partition coefficient (Wildman–Crippen LogP) is 5.39. The molecular formula is C17H17Br2FO. The second-order valence-electron chi connectivity index (χ2n) is 4.99. The molecule has 0 saturated carbocycles. The van der Waals surface area contributed by atoms with Crippen molar-refractivity contribution < 1.29 is 9.13 Å². The number of hydrogen-bond acceptors (Lipinski definition) is 1. The second kappa shape index (κ2) is 7.95. The zero-order valence-electron chi connectivity index (χ0n) is 11.8. The van der Waals surface area contributed by atoms with Crippen molar-refractivity contribution >= 4 is 31.9 Å². The van der Waals surface area contributed by atoms with Crippen molar-refractivity contribution in [1.82, 2.24) is 0 Å². The molecule has 4 heteroatoms. The third kappa shape index (κ3) is 4.55. The fraction of sp³-hybridized carbons (Fsp3) is 0.294. The van der Waals surface area contributed by atoms with Crippen LogP contribution in [0.25, 0.3) is 0 Å². The van der Waals surface area contributed by atoms with Crippen molar-refractivity contribution in [2.75, 3.05) is 12.4 Å². The first-order valence-electron chi connectivity index (χ1n) is 6.75. The van der Waals surface area contributed by atoms with Gasteiger partial charge in [-0.1, -0.05) is 56.1 Å². The van der Waals surface area contributed by atoms with Crippen LogP contribution in [-0.4, -0.2) is 12.4 Å². The fourth-order valence-electron chi connectivity index (χ4n) is 2.36. The lowest BCUT2D eigenvalue weighted by Crippen LogP contribution is -2.11. The van der Waals surface area contributed by atoms with Crippen LogP contribution < -0.4 is 4.74 Å². The molecular weight excluding hydrogens is 399 g/mol. The van der Waals surface area contributed by atoms with E-state index in [0.717, 1.165) is 16.2 Å². The molecule has 1 unspecified atom stereocenters. The van der Waals surface area contributed by atoms with E-state index in [1.54, 1.807) is 6.07 Å². The number of benzene rings is 2. The Bertz CT molecular complexity index is 601. The molecule has 0 amide bonds. The van der Waals surface area contributed by atoms with Crippen molar-refractivity contribution in [3.8, 4) is 5.75 Å². The first-order valence-corrected chi connectivity index (χ1v) is 8.67. The van der Waals surface area contributed by atoms with E-state index in [1.807, 2.05) is 24.3 Å². The highest BCUT2D eigenvalue weighted by atomic mass is 79.9. The van der Waals surface area contributed by atoms with Crippen LogP contribution in [0.2, 0.25) is 0 Å². The molecule has 2 rings (SSSR count). The lowest BCUT2D eigenvalue weighted by molar-refractivity contribution is 0.382. The van der Waals surface area contributed by atoms with Gasteiger partial charge >= 0.3 is 0 Å². The minimum atomic E-state index is -0.250. The molecule has 2 aromatic carbocycles. The van der Waals surface area contributed by atoms with Crippen molar-refractivity contribution in [3.63, 3.8) is 0 Å². The summed E-state index contributed by atoms with van der Waals surface area (Å²) in [5.41, 5.74) is 1.95. The van der Waals surface area contributed by atoms with Crippen LogP contribution in [0.4, 0.5) is 4.39 Å². The van der Waals surface area contributed by atoms with Crippen LogP contribution in [0.1, 0.15) is 11.1 Å². The van der Waals surface area contributed by atoms with Crippen molar-refractivity contribution in [2.24, 2.45) is 5.92 Å². The molecule has 0 aliphatic rings. The van der Waals surface area contributed by atoms with Crippen LogP contribution >= 0.6 is 31.9 Å². The summed E-state index contributed by atoms with van der Waals surface area (Å²) >= 11 is 7.03. The molecule has 21 heavy (non-hydrogen) atoms. The molecule has 0 heterocycles. The van der Waals surface area contributed by atoms with E-state index < -0.39 is 0 Å². The molecule has 112 valence electrons. The lowest BCUT2D eigenvalue weighted by atomic mass is 9.94. The summed E-state index contributed by atoms with van der Waals surface area (Å²) in [6, 6.07) is 13.6. The van der Waals surface area contributed by atoms with Crippen LogP contribution in [-0.2, 0) is 12.8 Å². The third-order valence-corrected chi connectivity index (χ3v) is 4.81. The number of rotatable bonds is 6. The average molecular weight is 416 g/mol. The monoisotopic (exact) mass is 414 g/mol. The highest BCUT2D eigenvalue weighted by molar-refractivity contribution is 9.10. The van der Waals surface area contributed by atoms with Crippen LogP contribution in [0.5, 0.6) is 5.75 Å². The summed E-state index contributed by atoms with van der Waals surface area (Å²) in [6.07, 6.45) is 1.59. The Morgan fingerprint density at radius 1 is 1.14 bits per heavy atom. The standard InChI is InChI=1S/C17H17Br2FO/c1-21-16-7-3-5-14(17(16)20)9-13(11-18)8-12-4-2-6-15(19)10-12/h2-7,10,13H,8-9,11H2,1H3. The summed E-state index contributed by atoms with van der Waals surface area (Å²) in [5, 5.41) is 0.830. The van der Waals surface area contributed by atoms with Crippen LogP contribution in [0.15, 0.2) is 46.9 Å². The van der Waals surface area contributed by atoms with Crippen LogP contribution in [0.3, 0.4) is 0 Å². The minimum Gasteiger partial charge on any atom is -0.494 e. The largest absolute Gasteiger partial charge is 0.494 e. The van der Waals surface area contributed by atoms with E-state index in [2.05, 4.69) is 44.0 Å². The summed E-state index contributed by atoms with van der Waals surface area (Å²) in [4.78, 5) is 0. The molecule has 0 fully saturated rings. The minimum absolute atomic E-state index is 0.250. The number of halogens is 3. The smallest absolute Gasteiger partial charge is 0.168 e. The maximum atomic E-state index is 14.2. The molecule has 1 nitrogen and oxygen atoms in total. The normalized spacial score (nSPS) is 12.2. The van der Waals surface area contributed by atoms with E-state index in [0.29, 0.717) is 23.7 Å².